The van der Waals surface area contributed by atoms with Crippen molar-refractivity contribution in [1.29, 1.82) is 5.41 Å². The predicted octanol–water partition coefficient (Wildman–Crippen LogP) is 5.06. The number of thioether (sulfide) groups is 1. The molecule has 0 spiro atoms. The summed E-state index contributed by atoms with van der Waals surface area (Å²) in [4.78, 5) is 16.0. The molecular formula is C25H21F3N4O4S. The molecule has 2 aliphatic rings. The molecule has 0 radical (unpaired) electrons. The summed E-state index contributed by atoms with van der Waals surface area (Å²) in [6, 6.07) is 12.3. The quantitative estimate of drug-likeness (QED) is 0.277. The molecule has 4 rings (SSSR count). The van der Waals surface area contributed by atoms with Crippen LogP contribution < -0.4 is 14.2 Å². The number of hydrogen-bond acceptors (Lipinski definition) is 7. The van der Waals surface area contributed by atoms with Crippen LogP contribution in [0.4, 0.5) is 13.2 Å². The molecule has 12 heteroatoms. The number of aliphatic imine (C=N–C) groups is 1. The van der Waals surface area contributed by atoms with Crippen LogP contribution in [0.5, 0.6) is 17.2 Å². The van der Waals surface area contributed by atoms with Gasteiger partial charge in [0.1, 0.15) is 19.0 Å². The van der Waals surface area contributed by atoms with Crippen molar-refractivity contribution in [1.82, 2.24) is 5.01 Å². The minimum Gasteiger partial charge on any atom is -0.493 e. The average Bonchev–Trinajstić information content (AvgIpc) is 3.31. The number of carbonyl (C=O) groups is 1. The smallest absolute Gasteiger partial charge is 0.441 e. The van der Waals surface area contributed by atoms with Gasteiger partial charge in [-0.3, -0.25) is 10.2 Å². The number of methoxy groups -OCH3 is 1. The highest BCUT2D eigenvalue weighted by Crippen LogP contribution is 2.35. The Bertz CT molecular complexity index is 1320. The number of carbonyl (C=O) groups excluding carboxylic acids is 1. The first kappa shape index (κ1) is 26.0. The van der Waals surface area contributed by atoms with Crippen molar-refractivity contribution in [3.05, 3.63) is 71.8 Å². The number of amidine groups is 2. The van der Waals surface area contributed by atoms with Gasteiger partial charge in [0.05, 0.1) is 12.7 Å². The zero-order chi connectivity index (χ0) is 26.6. The lowest BCUT2D eigenvalue weighted by molar-refractivity contribution is -0.114. The number of amides is 1. The van der Waals surface area contributed by atoms with Crippen LogP contribution in [-0.4, -0.2) is 53.5 Å². The second-order valence-corrected chi connectivity index (χ2v) is 8.62. The summed E-state index contributed by atoms with van der Waals surface area (Å²) in [5.41, 5.74) is 1.42. The van der Waals surface area contributed by atoms with Crippen LogP contribution in [-0.2, 0) is 11.2 Å². The molecule has 0 bridgehead atoms. The van der Waals surface area contributed by atoms with E-state index in [0.29, 0.717) is 27.8 Å². The molecule has 1 amide bonds. The van der Waals surface area contributed by atoms with Crippen LogP contribution in [0.3, 0.4) is 0 Å². The van der Waals surface area contributed by atoms with E-state index >= 15 is 0 Å². The van der Waals surface area contributed by atoms with Crippen molar-refractivity contribution in [2.24, 2.45) is 10.1 Å². The monoisotopic (exact) mass is 530 g/mol. The molecule has 1 N–H and O–H groups in total. The molecule has 2 aliphatic heterocycles. The van der Waals surface area contributed by atoms with Crippen molar-refractivity contribution < 1.29 is 32.2 Å². The van der Waals surface area contributed by atoms with E-state index in [4.69, 9.17) is 19.6 Å². The maximum Gasteiger partial charge on any atom is 0.441 e. The van der Waals surface area contributed by atoms with Crippen LogP contribution in [0.25, 0.3) is 6.08 Å². The Hall–Kier alpha value is -4.06. The van der Waals surface area contributed by atoms with Gasteiger partial charge in [0, 0.05) is 0 Å². The lowest BCUT2D eigenvalue weighted by Crippen LogP contribution is -2.35. The molecule has 2 aromatic carbocycles. The Morgan fingerprint density at radius 2 is 1.84 bits per heavy atom. The van der Waals surface area contributed by atoms with E-state index in [2.05, 4.69) is 16.7 Å². The van der Waals surface area contributed by atoms with Crippen molar-refractivity contribution in [3.8, 4) is 17.2 Å². The normalized spacial score (nSPS) is 16.3. The Morgan fingerprint density at radius 3 is 2.51 bits per heavy atom. The van der Waals surface area contributed by atoms with Crippen molar-refractivity contribution in [2.75, 3.05) is 20.3 Å². The van der Waals surface area contributed by atoms with Gasteiger partial charge in [-0.1, -0.05) is 24.3 Å². The molecule has 0 aliphatic carbocycles. The first-order valence-electron chi connectivity index (χ1n) is 10.9. The Balaban J connectivity index is 1.35. The number of ether oxygens (including phenoxy) is 3. The number of hydrazone groups is 1. The molecule has 37 heavy (non-hydrogen) atoms. The summed E-state index contributed by atoms with van der Waals surface area (Å²) < 4.78 is 55.6. The molecule has 192 valence electrons. The summed E-state index contributed by atoms with van der Waals surface area (Å²) in [5.74, 6) is 0.456. The second kappa shape index (κ2) is 10.9. The molecule has 0 atom stereocenters. The van der Waals surface area contributed by atoms with E-state index in [0.717, 1.165) is 12.0 Å². The summed E-state index contributed by atoms with van der Waals surface area (Å²) >= 11 is 0.206. The van der Waals surface area contributed by atoms with Gasteiger partial charge in [0.25, 0.3) is 5.91 Å². The Morgan fingerprint density at radius 1 is 1.11 bits per heavy atom. The van der Waals surface area contributed by atoms with E-state index in [-0.39, 0.29) is 35.7 Å². The fraction of sp³-hybridized carbons (Fsp3) is 0.200. The number of benzene rings is 2. The Kier molecular flexibility index (Phi) is 7.67. The molecule has 0 aromatic heterocycles. The number of nitrogens with zero attached hydrogens (tertiary/aromatic N) is 3. The highest BCUT2D eigenvalue weighted by Gasteiger charge is 2.46. The van der Waals surface area contributed by atoms with Crippen molar-refractivity contribution in [2.45, 2.75) is 12.6 Å². The molecular weight excluding hydrogens is 509 g/mol. The van der Waals surface area contributed by atoms with E-state index < -0.39 is 23.0 Å². The number of allylic oxidation sites excluding steroid dienone is 1. The number of fused-ring (bicyclic) bond motifs is 1. The third kappa shape index (κ3) is 6.02. The molecule has 2 aromatic rings. The van der Waals surface area contributed by atoms with E-state index in [1.807, 2.05) is 18.2 Å². The number of nitrogens with one attached hydrogen (secondary N) is 1. The summed E-state index contributed by atoms with van der Waals surface area (Å²) in [7, 11) is 1.57. The lowest BCUT2D eigenvalue weighted by Gasteiger charge is -2.20. The third-order valence-electron chi connectivity index (χ3n) is 5.11. The number of hydrogen-bond donors (Lipinski definition) is 1. The molecule has 8 nitrogen and oxygen atoms in total. The fourth-order valence-corrected chi connectivity index (χ4v) is 4.13. The minimum absolute atomic E-state index is 0.174. The van der Waals surface area contributed by atoms with Gasteiger partial charge in [-0.25, -0.2) is 0 Å². The van der Waals surface area contributed by atoms with Gasteiger partial charge in [0.15, 0.2) is 17.3 Å². The molecule has 2 heterocycles. The average molecular weight is 531 g/mol. The van der Waals surface area contributed by atoms with Crippen molar-refractivity contribution in [3.63, 3.8) is 0 Å². The Labute approximate surface area is 214 Å². The molecule has 0 saturated heterocycles. The van der Waals surface area contributed by atoms with E-state index in [9.17, 15) is 18.0 Å². The van der Waals surface area contributed by atoms with Gasteiger partial charge < -0.3 is 14.2 Å². The van der Waals surface area contributed by atoms with Crippen LogP contribution >= 0.6 is 11.8 Å². The van der Waals surface area contributed by atoms with Crippen molar-refractivity contribution >= 4 is 39.8 Å². The SMILES string of the molecule is C=CCc1ccc(OCCOc2ccc(/C=C3\C(=N)N4N=C(C(F)(F)F)SC4=NC3=O)cc2)c(OC)c1. The summed E-state index contributed by atoms with van der Waals surface area (Å²) in [6.45, 7) is 4.25. The largest absolute Gasteiger partial charge is 0.493 e. The zero-order valence-corrected chi connectivity index (χ0v) is 20.4. The van der Waals surface area contributed by atoms with Crippen LogP contribution in [0.15, 0.2) is 70.8 Å². The zero-order valence-electron chi connectivity index (χ0n) is 19.5. The van der Waals surface area contributed by atoms with Gasteiger partial charge in [-0.05, 0) is 59.7 Å². The fourth-order valence-electron chi connectivity index (χ4n) is 3.37. The topological polar surface area (TPSA) is 96.6 Å². The molecule has 0 unspecified atom stereocenters. The number of alkyl halides is 3. The van der Waals surface area contributed by atoms with Gasteiger partial charge >= 0.3 is 6.18 Å². The maximum absolute atomic E-state index is 12.9. The maximum atomic E-state index is 12.9. The van der Waals surface area contributed by atoms with Gasteiger partial charge in [-0.2, -0.15) is 28.3 Å². The predicted molar refractivity (Wildman–Crippen MR) is 135 cm³/mol. The number of halogens is 3. The first-order chi connectivity index (χ1) is 17.7. The van der Waals surface area contributed by atoms with Crippen LogP contribution in [0.1, 0.15) is 11.1 Å². The molecule has 0 saturated carbocycles. The van der Waals surface area contributed by atoms with Crippen LogP contribution in [0.2, 0.25) is 0 Å². The number of rotatable bonds is 9. The summed E-state index contributed by atoms with van der Waals surface area (Å²) in [6.07, 6.45) is -0.799. The lowest BCUT2D eigenvalue weighted by atomic mass is 10.1. The van der Waals surface area contributed by atoms with Gasteiger partial charge in [0.2, 0.25) is 10.2 Å². The highest BCUT2D eigenvalue weighted by molar-refractivity contribution is 8.27. The summed E-state index contributed by atoms with van der Waals surface area (Å²) in [5, 5.41) is 10.8. The standard InChI is InChI=1S/C25H21F3N4O4S/c1-3-4-15-7-10-19(20(14-15)34-2)36-12-11-35-17-8-5-16(6-9-17)13-18-21(29)32-24(30-22(18)33)37-23(31-32)25(26,27)28/h3,5-10,13-14,29H,1,4,11-12H2,2H3/b18-13+,29-21?. The second-order valence-electron chi connectivity index (χ2n) is 7.67. The van der Waals surface area contributed by atoms with Gasteiger partial charge in [-0.15, -0.1) is 6.58 Å². The third-order valence-corrected chi connectivity index (χ3v) is 6.06. The van der Waals surface area contributed by atoms with Crippen LogP contribution in [0, 0.1) is 5.41 Å². The van der Waals surface area contributed by atoms with E-state index in [1.165, 1.54) is 6.08 Å². The first-order valence-corrected chi connectivity index (χ1v) is 11.7. The highest BCUT2D eigenvalue weighted by atomic mass is 32.2. The van der Waals surface area contributed by atoms with E-state index in [1.54, 1.807) is 37.5 Å². The molecule has 0 fully saturated rings. The minimum atomic E-state index is -4.69.